The Morgan fingerprint density at radius 2 is 1.82 bits per heavy atom. The number of hydrogen-bond acceptors (Lipinski definition) is 8. The zero-order valence-electron chi connectivity index (χ0n) is 23.8. The molecule has 0 aliphatic heterocycles. The van der Waals surface area contributed by atoms with Gasteiger partial charge in [-0.1, -0.05) is 17.7 Å². The zero-order chi connectivity index (χ0) is 33.0. The Kier molecular flexibility index (Phi) is 10.2. The normalized spacial score (nSPS) is 11.6. The summed E-state index contributed by atoms with van der Waals surface area (Å²) in [7, 11) is 1.32. The third kappa shape index (κ3) is 8.46. The van der Waals surface area contributed by atoms with Crippen molar-refractivity contribution in [1.29, 1.82) is 0 Å². The Balaban J connectivity index is 2.06. The van der Waals surface area contributed by atoms with Gasteiger partial charge >= 0.3 is 18.2 Å². The molecule has 16 heteroatoms. The molecule has 11 nitrogen and oxygen atoms in total. The quantitative estimate of drug-likeness (QED) is 0.133. The minimum Gasteiger partial charge on any atom is -0.481 e. The second-order valence-corrected chi connectivity index (χ2v) is 10.7. The third-order valence-corrected chi connectivity index (χ3v) is 6.33. The average Bonchev–Trinajstić information content (AvgIpc) is 2.90. The first kappa shape index (κ1) is 33.8. The number of amides is 1. The van der Waals surface area contributed by atoms with Crippen LogP contribution in [-0.2, 0) is 23.9 Å². The summed E-state index contributed by atoms with van der Waals surface area (Å²) >= 11 is 6.44. The number of hydrogen-bond donors (Lipinski definition) is 2. The SMILES string of the molecule is COc1ccc([N+](=O)[O-])c(CCN(Cc2c(Cl)cccc2Nc2cc(C(F)(F)F)c(F)cc2C(=O)O)C(=O)OC(C)(C)C)n1. The van der Waals surface area contributed by atoms with E-state index in [9.17, 15) is 42.4 Å². The first-order valence-corrected chi connectivity index (χ1v) is 13.1. The number of halogens is 5. The molecule has 3 rings (SSSR count). The molecule has 2 N–H and O–H groups in total. The fourth-order valence-corrected chi connectivity index (χ4v) is 4.22. The Labute approximate surface area is 253 Å². The number of alkyl halides is 3. The Morgan fingerprint density at radius 3 is 2.39 bits per heavy atom. The highest BCUT2D eigenvalue weighted by atomic mass is 35.5. The number of carboxylic acids is 1. The van der Waals surface area contributed by atoms with Gasteiger partial charge in [-0.25, -0.2) is 19.0 Å². The number of anilines is 2. The van der Waals surface area contributed by atoms with Crippen LogP contribution in [0.15, 0.2) is 42.5 Å². The number of benzene rings is 2. The summed E-state index contributed by atoms with van der Waals surface area (Å²) in [6.45, 7) is 4.29. The minimum absolute atomic E-state index is 0.00113. The molecule has 0 bridgehead atoms. The van der Waals surface area contributed by atoms with E-state index in [1.165, 1.54) is 37.4 Å². The standard InChI is InChI=1S/C28H27ClF4N4O7/c1-27(2,3)44-26(40)36(11-10-21-23(37(41)42)8-9-24(35-21)43-4)14-16-18(29)6-5-7-20(16)34-22-13-17(28(31,32)33)19(30)12-15(22)25(38)39/h5-9,12-13,34H,10-11,14H2,1-4H3,(H,38,39). The van der Waals surface area contributed by atoms with Crippen LogP contribution in [0.3, 0.4) is 0 Å². The monoisotopic (exact) mass is 642 g/mol. The van der Waals surface area contributed by atoms with Crippen LogP contribution in [0, 0.1) is 15.9 Å². The smallest absolute Gasteiger partial charge is 0.419 e. The molecule has 44 heavy (non-hydrogen) atoms. The number of nitrogens with one attached hydrogen (secondary N) is 1. The molecular formula is C28H27ClF4N4O7. The van der Waals surface area contributed by atoms with Gasteiger partial charge in [0.15, 0.2) is 0 Å². The summed E-state index contributed by atoms with van der Waals surface area (Å²) in [5, 5.41) is 23.7. The van der Waals surface area contributed by atoms with Gasteiger partial charge in [-0.2, -0.15) is 13.2 Å². The number of nitrogens with zero attached hydrogens (tertiary/aromatic N) is 3. The highest BCUT2D eigenvalue weighted by molar-refractivity contribution is 6.31. The topological polar surface area (TPSA) is 144 Å². The van der Waals surface area contributed by atoms with Crippen LogP contribution in [0.4, 0.5) is 39.4 Å². The molecule has 3 aromatic rings. The molecule has 236 valence electrons. The maximum atomic E-state index is 14.2. The maximum Gasteiger partial charge on any atom is 0.419 e. The summed E-state index contributed by atoms with van der Waals surface area (Å²) in [4.78, 5) is 41.2. The number of methoxy groups -OCH3 is 1. The van der Waals surface area contributed by atoms with Crippen molar-refractivity contribution in [3.05, 3.63) is 85.8 Å². The van der Waals surface area contributed by atoms with Crippen LogP contribution >= 0.6 is 11.6 Å². The fourth-order valence-electron chi connectivity index (χ4n) is 3.98. The van der Waals surface area contributed by atoms with E-state index in [0.717, 1.165) is 4.90 Å². The number of carbonyl (C=O) groups excluding carboxylic acids is 1. The molecule has 0 spiro atoms. The number of aromatic nitrogens is 1. The molecule has 0 saturated carbocycles. The molecule has 0 aliphatic rings. The van der Waals surface area contributed by atoms with Gasteiger partial charge in [-0.3, -0.25) is 10.1 Å². The van der Waals surface area contributed by atoms with Crippen LogP contribution < -0.4 is 10.1 Å². The van der Waals surface area contributed by atoms with E-state index in [1.54, 1.807) is 20.8 Å². The molecule has 2 aromatic carbocycles. The van der Waals surface area contributed by atoms with E-state index >= 15 is 0 Å². The molecule has 0 saturated heterocycles. The molecule has 1 amide bonds. The van der Waals surface area contributed by atoms with Crippen molar-refractivity contribution < 1.29 is 46.7 Å². The summed E-state index contributed by atoms with van der Waals surface area (Å²) in [6, 6.07) is 7.29. The second kappa shape index (κ2) is 13.3. The number of ether oxygens (including phenoxy) is 2. The minimum atomic E-state index is -5.13. The van der Waals surface area contributed by atoms with Crippen LogP contribution in [0.25, 0.3) is 0 Å². The van der Waals surface area contributed by atoms with Crippen LogP contribution in [0.1, 0.15) is 48.0 Å². The molecule has 0 atom stereocenters. The summed E-state index contributed by atoms with van der Waals surface area (Å²) < 4.78 is 65.0. The molecule has 0 fully saturated rings. The van der Waals surface area contributed by atoms with Gasteiger partial charge in [0.1, 0.15) is 17.1 Å². The number of aromatic carboxylic acids is 1. The van der Waals surface area contributed by atoms with Gasteiger partial charge in [0.25, 0.3) is 5.69 Å². The number of carboxylic acid groups (broad SMARTS) is 1. The largest absolute Gasteiger partial charge is 0.481 e. The van der Waals surface area contributed by atoms with Gasteiger partial charge in [0.2, 0.25) is 5.88 Å². The highest BCUT2D eigenvalue weighted by Gasteiger charge is 2.36. The Bertz CT molecular complexity index is 1580. The number of rotatable bonds is 10. The molecule has 0 aliphatic carbocycles. The van der Waals surface area contributed by atoms with Crippen molar-refractivity contribution in [3.63, 3.8) is 0 Å². The van der Waals surface area contributed by atoms with E-state index in [1.807, 2.05) is 0 Å². The molecular weight excluding hydrogens is 616 g/mol. The van der Waals surface area contributed by atoms with Crippen molar-refractivity contribution in [2.45, 2.75) is 45.5 Å². The zero-order valence-corrected chi connectivity index (χ0v) is 24.5. The summed E-state index contributed by atoms with van der Waals surface area (Å²) in [6.07, 6.45) is -6.13. The van der Waals surface area contributed by atoms with E-state index in [0.29, 0.717) is 6.07 Å². The van der Waals surface area contributed by atoms with Crippen LogP contribution in [0.2, 0.25) is 5.02 Å². The lowest BCUT2D eigenvalue weighted by atomic mass is 10.1. The Morgan fingerprint density at radius 1 is 1.14 bits per heavy atom. The van der Waals surface area contributed by atoms with Gasteiger partial charge in [0.05, 0.1) is 35.4 Å². The molecule has 0 radical (unpaired) electrons. The molecule has 1 heterocycles. The fraction of sp³-hybridized carbons (Fsp3) is 0.321. The highest BCUT2D eigenvalue weighted by Crippen LogP contribution is 2.37. The average molecular weight is 643 g/mol. The predicted molar refractivity (Wildman–Crippen MR) is 151 cm³/mol. The third-order valence-electron chi connectivity index (χ3n) is 5.98. The number of nitro groups is 1. The van der Waals surface area contributed by atoms with Crippen LogP contribution in [-0.4, -0.2) is 51.2 Å². The maximum absolute atomic E-state index is 14.2. The first-order valence-electron chi connectivity index (χ1n) is 12.8. The van der Waals surface area contributed by atoms with Crippen molar-refractivity contribution in [2.24, 2.45) is 0 Å². The Hall–Kier alpha value is -4.66. The molecule has 0 unspecified atom stereocenters. The number of pyridine rings is 1. The predicted octanol–water partition coefficient (Wildman–Crippen LogP) is 7.23. The number of carbonyl (C=O) groups is 2. The van der Waals surface area contributed by atoms with Gasteiger partial charge in [-0.15, -0.1) is 0 Å². The van der Waals surface area contributed by atoms with Crippen LogP contribution in [0.5, 0.6) is 5.88 Å². The first-order chi connectivity index (χ1) is 20.4. The lowest BCUT2D eigenvalue weighted by Gasteiger charge is -2.28. The van der Waals surface area contributed by atoms with E-state index in [-0.39, 0.29) is 59.1 Å². The van der Waals surface area contributed by atoms with E-state index in [2.05, 4.69) is 10.3 Å². The summed E-state index contributed by atoms with van der Waals surface area (Å²) in [5.74, 6) is -3.38. The van der Waals surface area contributed by atoms with Gasteiger partial charge in [-0.05, 0) is 45.0 Å². The van der Waals surface area contributed by atoms with Gasteiger partial charge < -0.3 is 24.8 Å². The van der Waals surface area contributed by atoms with Crippen molar-refractivity contribution >= 4 is 40.7 Å². The van der Waals surface area contributed by atoms with Crippen molar-refractivity contribution in [2.75, 3.05) is 19.0 Å². The molecule has 1 aromatic heterocycles. The van der Waals surface area contributed by atoms with Gasteiger partial charge in [0, 0.05) is 41.4 Å². The lowest BCUT2D eigenvalue weighted by Crippen LogP contribution is -2.38. The van der Waals surface area contributed by atoms with Crippen molar-refractivity contribution in [1.82, 2.24) is 9.88 Å². The van der Waals surface area contributed by atoms with Crippen molar-refractivity contribution in [3.8, 4) is 5.88 Å². The lowest BCUT2D eigenvalue weighted by molar-refractivity contribution is -0.386. The van der Waals surface area contributed by atoms with E-state index in [4.69, 9.17) is 21.1 Å². The second-order valence-electron chi connectivity index (χ2n) is 10.3. The summed E-state index contributed by atoms with van der Waals surface area (Å²) in [5.41, 5.74) is -4.24. The van der Waals surface area contributed by atoms with E-state index < -0.39 is 51.4 Å².